The van der Waals surface area contributed by atoms with Crippen LogP contribution in [0.5, 0.6) is 0 Å². The van der Waals surface area contributed by atoms with Gasteiger partial charge in [0.05, 0.1) is 6.26 Å². The zero-order chi connectivity index (χ0) is 15.0. The van der Waals surface area contributed by atoms with Crippen LogP contribution in [0.1, 0.15) is 36.4 Å². The van der Waals surface area contributed by atoms with E-state index in [9.17, 15) is 4.79 Å². The van der Waals surface area contributed by atoms with E-state index in [1.165, 1.54) is 6.26 Å². The molecule has 0 aliphatic heterocycles. The number of nitrogens with zero attached hydrogens (tertiary/aromatic N) is 1. The van der Waals surface area contributed by atoms with Gasteiger partial charge in [-0.1, -0.05) is 0 Å². The lowest BCUT2D eigenvalue weighted by Crippen LogP contribution is -2.42. The van der Waals surface area contributed by atoms with Crippen LogP contribution >= 0.6 is 0 Å². The molecule has 0 spiro atoms. The Balaban J connectivity index is 2.19. The zero-order valence-corrected chi connectivity index (χ0v) is 12.6. The third-order valence-electron chi connectivity index (χ3n) is 2.65. The average Bonchev–Trinajstić information content (AvgIpc) is 2.82. The highest BCUT2D eigenvalue weighted by Crippen LogP contribution is 2.07. The summed E-state index contributed by atoms with van der Waals surface area (Å²) >= 11 is 0. The van der Waals surface area contributed by atoms with Gasteiger partial charge in [0.2, 0.25) is 0 Å². The lowest BCUT2D eigenvalue weighted by Gasteiger charge is -2.14. The number of aryl methyl sites for hydroxylation is 1. The monoisotopic (exact) mass is 280 g/mol. The van der Waals surface area contributed by atoms with Crippen LogP contribution in [-0.2, 0) is 0 Å². The van der Waals surface area contributed by atoms with E-state index in [1.54, 1.807) is 13.1 Å². The quantitative estimate of drug-likeness (QED) is 0.417. The minimum atomic E-state index is -0.169. The van der Waals surface area contributed by atoms with Gasteiger partial charge in [-0.15, -0.1) is 0 Å². The number of aliphatic imine (C=N–C) groups is 1. The van der Waals surface area contributed by atoms with Crippen molar-refractivity contribution in [3.63, 3.8) is 0 Å². The van der Waals surface area contributed by atoms with Crippen molar-refractivity contribution in [1.29, 1.82) is 0 Å². The lowest BCUT2D eigenvalue weighted by atomic mass is 10.2. The first-order valence-electron chi connectivity index (χ1n) is 6.84. The van der Waals surface area contributed by atoms with Gasteiger partial charge in [0.15, 0.2) is 11.7 Å². The molecule has 1 heterocycles. The number of furan rings is 1. The summed E-state index contributed by atoms with van der Waals surface area (Å²) in [7, 11) is 1.74. The fraction of sp³-hybridized carbons (Fsp3) is 0.571. The van der Waals surface area contributed by atoms with Gasteiger partial charge in [-0.25, -0.2) is 0 Å². The summed E-state index contributed by atoms with van der Waals surface area (Å²) in [5.41, 5.74) is 0.849. The molecule has 20 heavy (non-hydrogen) atoms. The molecule has 3 N–H and O–H groups in total. The van der Waals surface area contributed by atoms with Crippen LogP contribution in [-0.4, -0.2) is 38.0 Å². The standard InChI is InChI=1S/C14H24N4O2/c1-10(2)18-14(15-4)17-8-5-7-16-13(19)12-11(3)6-9-20-12/h6,9-10H,5,7-8H2,1-4H3,(H,16,19)(H2,15,17,18). The molecular weight excluding hydrogens is 256 g/mol. The molecule has 0 bridgehead atoms. The topological polar surface area (TPSA) is 78.7 Å². The Labute approximate surface area is 120 Å². The van der Waals surface area contributed by atoms with Crippen molar-refractivity contribution in [2.24, 2.45) is 4.99 Å². The van der Waals surface area contributed by atoms with Gasteiger partial charge in [-0.3, -0.25) is 9.79 Å². The Morgan fingerprint density at radius 2 is 2.05 bits per heavy atom. The van der Waals surface area contributed by atoms with Gasteiger partial charge in [0.1, 0.15) is 0 Å². The molecule has 6 heteroatoms. The molecule has 0 fully saturated rings. The normalized spacial score (nSPS) is 11.6. The van der Waals surface area contributed by atoms with E-state index in [-0.39, 0.29) is 5.91 Å². The van der Waals surface area contributed by atoms with E-state index in [1.807, 2.05) is 6.92 Å². The maximum Gasteiger partial charge on any atom is 0.287 e. The van der Waals surface area contributed by atoms with Crippen molar-refractivity contribution >= 4 is 11.9 Å². The third kappa shape index (κ3) is 5.34. The molecule has 0 unspecified atom stereocenters. The number of hydrogen-bond donors (Lipinski definition) is 3. The predicted octanol–water partition coefficient (Wildman–Crippen LogP) is 1.28. The number of carbonyl (C=O) groups excluding carboxylic acids is 1. The summed E-state index contributed by atoms with van der Waals surface area (Å²) in [4.78, 5) is 15.9. The molecule has 0 saturated carbocycles. The molecule has 1 rings (SSSR count). The highest BCUT2D eigenvalue weighted by Gasteiger charge is 2.11. The lowest BCUT2D eigenvalue weighted by molar-refractivity contribution is 0.0925. The molecule has 0 atom stereocenters. The Morgan fingerprint density at radius 1 is 1.35 bits per heavy atom. The summed E-state index contributed by atoms with van der Waals surface area (Å²) < 4.78 is 5.13. The Kier molecular flexibility index (Phi) is 6.63. The summed E-state index contributed by atoms with van der Waals surface area (Å²) in [6.45, 7) is 7.29. The van der Waals surface area contributed by atoms with Gasteiger partial charge in [0, 0.05) is 31.7 Å². The van der Waals surface area contributed by atoms with Gasteiger partial charge < -0.3 is 20.4 Å². The number of amides is 1. The molecule has 1 aromatic heterocycles. The number of carbonyl (C=O) groups is 1. The summed E-state index contributed by atoms with van der Waals surface area (Å²) in [5, 5.41) is 9.21. The third-order valence-corrected chi connectivity index (χ3v) is 2.65. The van der Waals surface area contributed by atoms with E-state index in [0.29, 0.717) is 18.3 Å². The van der Waals surface area contributed by atoms with E-state index in [2.05, 4.69) is 34.8 Å². The molecule has 0 saturated heterocycles. The second-order valence-electron chi connectivity index (χ2n) is 4.84. The number of hydrogen-bond acceptors (Lipinski definition) is 3. The second kappa shape index (κ2) is 8.24. The Bertz CT molecular complexity index is 452. The molecule has 0 radical (unpaired) electrons. The summed E-state index contributed by atoms with van der Waals surface area (Å²) in [6.07, 6.45) is 2.33. The number of rotatable bonds is 6. The Morgan fingerprint density at radius 3 is 2.60 bits per heavy atom. The Hall–Kier alpha value is -1.98. The van der Waals surface area contributed by atoms with Crippen molar-refractivity contribution < 1.29 is 9.21 Å². The van der Waals surface area contributed by atoms with E-state index in [4.69, 9.17) is 4.42 Å². The predicted molar refractivity (Wildman–Crippen MR) is 80.0 cm³/mol. The van der Waals surface area contributed by atoms with Crippen LogP contribution in [0, 0.1) is 6.92 Å². The van der Waals surface area contributed by atoms with Crippen LogP contribution < -0.4 is 16.0 Å². The van der Waals surface area contributed by atoms with E-state index in [0.717, 1.165) is 24.5 Å². The fourth-order valence-corrected chi connectivity index (χ4v) is 1.65. The average molecular weight is 280 g/mol. The summed E-state index contributed by atoms with van der Waals surface area (Å²) in [5.74, 6) is 0.987. The maximum atomic E-state index is 11.8. The van der Waals surface area contributed by atoms with E-state index < -0.39 is 0 Å². The fourth-order valence-electron chi connectivity index (χ4n) is 1.65. The van der Waals surface area contributed by atoms with Gasteiger partial charge >= 0.3 is 0 Å². The summed E-state index contributed by atoms with van der Waals surface area (Å²) in [6, 6.07) is 2.11. The second-order valence-corrected chi connectivity index (χ2v) is 4.84. The van der Waals surface area contributed by atoms with Crippen LogP contribution in [0.15, 0.2) is 21.7 Å². The number of guanidine groups is 1. The molecule has 0 aliphatic rings. The van der Waals surface area contributed by atoms with Crippen LogP contribution in [0.3, 0.4) is 0 Å². The smallest absolute Gasteiger partial charge is 0.287 e. The minimum absolute atomic E-state index is 0.169. The largest absolute Gasteiger partial charge is 0.459 e. The van der Waals surface area contributed by atoms with Crippen molar-refractivity contribution in [3.05, 3.63) is 23.7 Å². The first-order valence-corrected chi connectivity index (χ1v) is 6.84. The molecule has 1 amide bonds. The molecule has 0 aromatic carbocycles. The highest BCUT2D eigenvalue weighted by molar-refractivity contribution is 5.92. The van der Waals surface area contributed by atoms with Crippen molar-refractivity contribution in [2.45, 2.75) is 33.2 Å². The van der Waals surface area contributed by atoms with Gasteiger partial charge in [-0.05, 0) is 33.3 Å². The molecule has 0 aliphatic carbocycles. The van der Waals surface area contributed by atoms with Crippen LogP contribution in [0.2, 0.25) is 0 Å². The molecule has 6 nitrogen and oxygen atoms in total. The first kappa shape index (κ1) is 16.1. The van der Waals surface area contributed by atoms with E-state index >= 15 is 0 Å². The van der Waals surface area contributed by atoms with Crippen molar-refractivity contribution in [1.82, 2.24) is 16.0 Å². The first-order chi connectivity index (χ1) is 9.54. The minimum Gasteiger partial charge on any atom is -0.459 e. The van der Waals surface area contributed by atoms with Crippen LogP contribution in [0.4, 0.5) is 0 Å². The SMILES string of the molecule is CN=C(NCCCNC(=O)c1occc1C)NC(C)C. The maximum absolute atomic E-state index is 11.8. The van der Waals surface area contributed by atoms with Gasteiger partial charge in [-0.2, -0.15) is 0 Å². The van der Waals surface area contributed by atoms with Gasteiger partial charge in [0.25, 0.3) is 5.91 Å². The number of nitrogens with one attached hydrogen (secondary N) is 3. The highest BCUT2D eigenvalue weighted by atomic mass is 16.3. The van der Waals surface area contributed by atoms with Crippen molar-refractivity contribution in [3.8, 4) is 0 Å². The van der Waals surface area contributed by atoms with Crippen LogP contribution in [0.25, 0.3) is 0 Å². The molecule has 1 aromatic rings. The van der Waals surface area contributed by atoms with Crippen molar-refractivity contribution in [2.75, 3.05) is 20.1 Å². The zero-order valence-electron chi connectivity index (χ0n) is 12.6. The molecule has 112 valence electrons. The molecular formula is C14H24N4O2.